The molecule has 2 aliphatic heterocycles. The first-order valence-electron chi connectivity index (χ1n) is 17.2. The molecule has 3 N–H and O–H groups in total. The van der Waals surface area contributed by atoms with Crippen LogP contribution in [0.15, 0.2) is 85.1 Å². The highest BCUT2D eigenvalue weighted by Crippen LogP contribution is 2.35. The molecule has 0 bridgehead atoms. The number of anilines is 4. The number of carbonyl (C=O) groups excluding carboxylic acids is 1. The lowest BCUT2D eigenvalue weighted by Gasteiger charge is -2.33. The van der Waals surface area contributed by atoms with Gasteiger partial charge in [-0.3, -0.25) is 9.69 Å². The summed E-state index contributed by atoms with van der Waals surface area (Å²) in [5.41, 5.74) is 5.39. The minimum absolute atomic E-state index is 0.0966. The Bertz CT molecular complexity index is 2020. The van der Waals surface area contributed by atoms with Crippen LogP contribution >= 0.6 is 0 Å². The van der Waals surface area contributed by atoms with Crippen LogP contribution in [0.25, 0.3) is 22.0 Å². The maximum Gasteiger partial charge on any atom is 0.416 e. The van der Waals surface area contributed by atoms with Crippen molar-refractivity contribution in [2.75, 3.05) is 74.9 Å². The van der Waals surface area contributed by atoms with Crippen molar-refractivity contribution < 1.29 is 18.0 Å². The molecule has 5 aromatic rings. The van der Waals surface area contributed by atoms with Crippen molar-refractivity contribution in [1.82, 2.24) is 25.1 Å². The van der Waals surface area contributed by atoms with Gasteiger partial charge in [-0.05, 0) is 96.9 Å². The number of hydrogen-bond donors (Lipinski definition) is 3. The second kappa shape index (κ2) is 14.7. The van der Waals surface area contributed by atoms with Crippen LogP contribution < -0.4 is 20.9 Å². The maximum atomic E-state index is 14.1. The van der Waals surface area contributed by atoms with Gasteiger partial charge in [-0.2, -0.15) is 13.2 Å². The molecule has 0 saturated carbocycles. The Morgan fingerprint density at radius 3 is 2.35 bits per heavy atom. The van der Waals surface area contributed by atoms with Gasteiger partial charge in [0.15, 0.2) is 0 Å². The monoisotopic (exact) mass is 694 g/mol. The smallest absolute Gasteiger partial charge is 0.369 e. The van der Waals surface area contributed by atoms with E-state index in [2.05, 4.69) is 42.9 Å². The standard InChI is InChI=1S/C39H41F3N8O/c1-26-3-4-28(37(51)45-32-7-5-29(35(23-32)39(40,41)42)25-49-19-17-48(2)18-20-49)22-34(26)27-6-12-36-30(21-27)24-44-38(47-36)46-31-8-10-33(11-9-31)50-15-13-43-14-16-50/h3-12,21-24,43H,13-20,25H2,1-2H3,(H,45,51)(H,44,46,47). The molecule has 2 fully saturated rings. The van der Waals surface area contributed by atoms with Crippen molar-refractivity contribution >= 4 is 39.8 Å². The zero-order chi connectivity index (χ0) is 35.5. The highest BCUT2D eigenvalue weighted by molar-refractivity contribution is 6.05. The van der Waals surface area contributed by atoms with Gasteiger partial charge in [0.05, 0.1) is 11.1 Å². The first kappa shape index (κ1) is 34.4. The van der Waals surface area contributed by atoms with E-state index in [4.69, 9.17) is 4.98 Å². The summed E-state index contributed by atoms with van der Waals surface area (Å²) in [6.07, 6.45) is -2.78. The summed E-state index contributed by atoms with van der Waals surface area (Å²) < 4.78 is 42.4. The molecule has 0 spiro atoms. The van der Waals surface area contributed by atoms with Crippen molar-refractivity contribution in [1.29, 1.82) is 0 Å². The minimum Gasteiger partial charge on any atom is -0.369 e. The summed E-state index contributed by atoms with van der Waals surface area (Å²) >= 11 is 0. The van der Waals surface area contributed by atoms with Gasteiger partial charge >= 0.3 is 6.18 Å². The van der Waals surface area contributed by atoms with E-state index in [0.717, 1.165) is 78.6 Å². The fourth-order valence-electron chi connectivity index (χ4n) is 6.65. The predicted molar refractivity (Wildman–Crippen MR) is 197 cm³/mol. The van der Waals surface area contributed by atoms with Gasteiger partial charge in [0.1, 0.15) is 0 Å². The molecular formula is C39H41F3N8O. The van der Waals surface area contributed by atoms with Gasteiger partial charge in [0, 0.05) is 93.1 Å². The lowest BCUT2D eigenvalue weighted by atomic mass is 9.96. The number of alkyl halides is 3. The Morgan fingerprint density at radius 2 is 1.61 bits per heavy atom. The molecule has 12 heteroatoms. The molecule has 4 aromatic carbocycles. The number of carbonyl (C=O) groups is 1. The number of nitrogens with zero attached hydrogens (tertiary/aromatic N) is 5. The van der Waals surface area contributed by atoms with Gasteiger partial charge in [-0.15, -0.1) is 0 Å². The van der Waals surface area contributed by atoms with E-state index in [1.807, 2.05) is 55.3 Å². The minimum atomic E-state index is -4.55. The highest BCUT2D eigenvalue weighted by atomic mass is 19.4. The molecule has 0 atom stereocenters. The zero-order valence-electron chi connectivity index (χ0n) is 28.7. The third-order valence-electron chi connectivity index (χ3n) is 9.66. The molecule has 0 unspecified atom stereocenters. The Hall–Kier alpha value is -5.04. The van der Waals surface area contributed by atoms with Crippen LogP contribution in [-0.4, -0.2) is 85.1 Å². The van der Waals surface area contributed by atoms with E-state index >= 15 is 0 Å². The Labute approximate surface area is 295 Å². The van der Waals surface area contributed by atoms with E-state index in [0.29, 0.717) is 24.6 Å². The topological polar surface area (TPSA) is 88.7 Å². The lowest BCUT2D eigenvalue weighted by Crippen LogP contribution is -2.44. The summed E-state index contributed by atoms with van der Waals surface area (Å²) in [5.74, 6) is -0.00179. The molecule has 1 amide bonds. The van der Waals surface area contributed by atoms with Crippen LogP contribution in [0.2, 0.25) is 0 Å². The van der Waals surface area contributed by atoms with E-state index in [-0.39, 0.29) is 17.8 Å². The molecule has 264 valence electrons. The van der Waals surface area contributed by atoms with Crippen LogP contribution in [0.5, 0.6) is 0 Å². The van der Waals surface area contributed by atoms with Gasteiger partial charge in [0.25, 0.3) is 5.91 Å². The third-order valence-corrected chi connectivity index (χ3v) is 9.66. The molecule has 2 aliphatic rings. The number of amides is 1. The predicted octanol–water partition coefficient (Wildman–Crippen LogP) is 6.78. The first-order valence-corrected chi connectivity index (χ1v) is 17.2. The summed E-state index contributed by atoms with van der Waals surface area (Å²) in [4.78, 5) is 29.2. The van der Waals surface area contributed by atoms with Crippen LogP contribution in [0.3, 0.4) is 0 Å². The average Bonchev–Trinajstić information content (AvgIpc) is 3.13. The Morgan fingerprint density at radius 1 is 0.863 bits per heavy atom. The lowest BCUT2D eigenvalue weighted by molar-refractivity contribution is -0.138. The molecular weight excluding hydrogens is 653 g/mol. The number of piperazine rings is 2. The SMILES string of the molecule is Cc1ccc(C(=O)Nc2ccc(CN3CCN(C)CC3)c(C(F)(F)F)c2)cc1-c1ccc2nc(Nc3ccc(N4CCNCC4)cc3)ncc2c1. The summed E-state index contributed by atoms with van der Waals surface area (Å²) in [6.45, 7) is 9.12. The number of aromatic nitrogens is 2. The largest absolute Gasteiger partial charge is 0.416 e. The van der Waals surface area contributed by atoms with Gasteiger partial charge < -0.3 is 25.8 Å². The van der Waals surface area contributed by atoms with E-state index in [1.54, 1.807) is 24.4 Å². The molecule has 7 rings (SSSR count). The molecule has 3 heterocycles. The molecule has 2 saturated heterocycles. The molecule has 0 aliphatic carbocycles. The van der Waals surface area contributed by atoms with Gasteiger partial charge in [-0.25, -0.2) is 9.97 Å². The number of likely N-dealkylation sites (N-methyl/N-ethyl adjacent to an activating group) is 1. The van der Waals surface area contributed by atoms with Crippen molar-refractivity contribution in [3.05, 3.63) is 107 Å². The van der Waals surface area contributed by atoms with Crippen LogP contribution in [0.1, 0.15) is 27.0 Å². The van der Waals surface area contributed by atoms with Crippen molar-refractivity contribution in [2.45, 2.75) is 19.6 Å². The number of hydrogen-bond acceptors (Lipinski definition) is 8. The fraction of sp³-hybridized carbons (Fsp3) is 0.308. The van der Waals surface area contributed by atoms with Crippen molar-refractivity contribution in [3.8, 4) is 11.1 Å². The molecule has 9 nitrogen and oxygen atoms in total. The molecule has 0 radical (unpaired) electrons. The van der Waals surface area contributed by atoms with E-state index in [1.165, 1.54) is 11.8 Å². The second-order valence-electron chi connectivity index (χ2n) is 13.3. The number of fused-ring (bicyclic) bond motifs is 1. The summed E-state index contributed by atoms with van der Waals surface area (Å²) in [5, 5.41) is 10.2. The van der Waals surface area contributed by atoms with Gasteiger partial charge in [-0.1, -0.05) is 18.2 Å². The number of aryl methyl sites for hydroxylation is 1. The van der Waals surface area contributed by atoms with E-state index in [9.17, 15) is 18.0 Å². The van der Waals surface area contributed by atoms with Gasteiger partial charge in [0.2, 0.25) is 5.95 Å². The van der Waals surface area contributed by atoms with Crippen LogP contribution in [0.4, 0.5) is 36.2 Å². The second-order valence-corrected chi connectivity index (χ2v) is 13.3. The molecule has 51 heavy (non-hydrogen) atoms. The number of halogens is 3. The number of benzene rings is 4. The van der Waals surface area contributed by atoms with Crippen molar-refractivity contribution in [3.63, 3.8) is 0 Å². The summed E-state index contributed by atoms with van der Waals surface area (Å²) in [6, 6.07) is 23.4. The normalized spacial score (nSPS) is 16.0. The molecule has 1 aromatic heterocycles. The fourth-order valence-corrected chi connectivity index (χ4v) is 6.65. The number of nitrogens with one attached hydrogen (secondary N) is 3. The van der Waals surface area contributed by atoms with Crippen LogP contribution in [-0.2, 0) is 12.7 Å². The average molecular weight is 695 g/mol. The summed E-state index contributed by atoms with van der Waals surface area (Å²) in [7, 11) is 2.01. The quantitative estimate of drug-likeness (QED) is 0.164. The van der Waals surface area contributed by atoms with Crippen molar-refractivity contribution in [2.24, 2.45) is 0 Å². The highest BCUT2D eigenvalue weighted by Gasteiger charge is 2.34. The van der Waals surface area contributed by atoms with E-state index < -0.39 is 17.6 Å². The third kappa shape index (κ3) is 8.14. The Balaban J connectivity index is 1.05. The number of rotatable bonds is 8. The first-order chi connectivity index (χ1) is 24.6. The Kier molecular flexibility index (Phi) is 9.90. The zero-order valence-corrected chi connectivity index (χ0v) is 28.7. The van der Waals surface area contributed by atoms with Crippen LogP contribution in [0, 0.1) is 6.92 Å². The maximum absolute atomic E-state index is 14.1.